The van der Waals surface area contributed by atoms with E-state index in [9.17, 15) is 4.79 Å². The number of carbonyl (C=O) groups is 1. The Balaban J connectivity index is 1.99. The smallest absolute Gasteiger partial charge is 0.237 e. The molecule has 0 spiro atoms. The van der Waals surface area contributed by atoms with Crippen LogP contribution in [0.3, 0.4) is 0 Å². The monoisotopic (exact) mass is 335 g/mol. The maximum Gasteiger partial charge on any atom is 0.237 e. The van der Waals surface area contributed by atoms with Crippen molar-refractivity contribution in [1.82, 2.24) is 0 Å². The molecule has 0 saturated heterocycles. The molecule has 2 aromatic rings. The summed E-state index contributed by atoms with van der Waals surface area (Å²) < 4.78 is 5.10. The molecule has 0 bridgehead atoms. The fraction of sp³-hybridized carbons (Fsp3) is 0.235. The van der Waals surface area contributed by atoms with Gasteiger partial charge in [0.25, 0.3) is 0 Å². The number of ether oxygens (including phenoxy) is 1. The second-order valence-electron chi connectivity index (χ2n) is 4.69. The first-order chi connectivity index (χ1) is 10.6. The first-order valence-corrected chi connectivity index (χ1v) is 8.25. The molecule has 0 aliphatic rings. The summed E-state index contributed by atoms with van der Waals surface area (Å²) in [5.74, 6) is 0.758. The van der Waals surface area contributed by atoms with Crippen molar-refractivity contribution in [2.24, 2.45) is 0 Å². The van der Waals surface area contributed by atoms with E-state index in [1.165, 1.54) is 11.8 Å². The van der Waals surface area contributed by atoms with Crippen LogP contribution in [0.2, 0.25) is 5.02 Å². The maximum absolute atomic E-state index is 12.4. The van der Waals surface area contributed by atoms with Crippen LogP contribution in [0.1, 0.15) is 13.3 Å². The highest BCUT2D eigenvalue weighted by molar-refractivity contribution is 8.00. The van der Waals surface area contributed by atoms with E-state index in [0.717, 1.165) is 22.8 Å². The number of methoxy groups -OCH3 is 1. The molecule has 0 aliphatic carbocycles. The van der Waals surface area contributed by atoms with Gasteiger partial charge in [0.2, 0.25) is 5.91 Å². The zero-order valence-electron chi connectivity index (χ0n) is 12.5. The van der Waals surface area contributed by atoms with Gasteiger partial charge in [-0.05, 0) is 55.0 Å². The van der Waals surface area contributed by atoms with Crippen LogP contribution in [0, 0.1) is 0 Å². The average molecular weight is 336 g/mol. The van der Waals surface area contributed by atoms with Gasteiger partial charge >= 0.3 is 0 Å². The van der Waals surface area contributed by atoms with Crippen LogP contribution in [-0.2, 0) is 4.79 Å². The van der Waals surface area contributed by atoms with Crippen molar-refractivity contribution in [3.63, 3.8) is 0 Å². The van der Waals surface area contributed by atoms with Crippen molar-refractivity contribution in [3.05, 3.63) is 53.6 Å². The Labute approximate surface area is 140 Å². The number of halogens is 1. The molecule has 0 fully saturated rings. The summed E-state index contributed by atoms with van der Waals surface area (Å²) >= 11 is 7.41. The van der Waals surface area contributed by atoms with E-state index in [1.807, 2.05) is 55.5 Å². The Morgan fingerprint density at radius 2 is 1.82 bits per heavy atom. The standard InChI is InChI=1S/C17H18ClNO2S/c1-3-16(22-15-10-4-12(18)5-11-15)17(20)19-13-6-8-14(21-2)9-7-13/h4-11,16H,3H2,1-2H3,(H,19,20)/t16-/m1/s1. The molecule has 0 saturated carbocycles. The summed E-state index contributed by atoms with van der Waals surface area (Å²) in [4.78, 5) is 13.4. The Morgan fingerprint density at radius 1 is 1.18 bits per heavy atom. The predicted octanol–water partition coefficient (Wildman–Crippen LogP) is 4.86. The van der Waals surface area contributed by atoms with Crippen molar-refractivity contribution < 1.29 is 9.53 Å². The number of thioether (sulfide) groups is 1. The summed E-state index contributed by atoms with van der Waals surface area (Å²) in [5.41, 5.74) is 0.765. The number of amides is 1. The van der Waals surface area contributed by atoms with Gasteiger partial charge in [-0.1, -0.05) is 18.5 Å². The van der Waals surface area contributed by atoms with Crippen molar-refractivity contribution >= 4 is 35.0 Å². The molecular weight excluding hydrogens is 318 g/mol. The highest BCUT2D eigenvalue weighted by Gasteiger charge is 2.18. The van der Waals surface area contributed by atoms with Gasteiger partial charge in [0.05, 0.1) is 12.4 Å². The van der Waals surface area contributed by atoms with Gasteiger partial charge in [-0.15, -0.1) is 11.8 Å². The van der Waals surface area contributed by atoms with E-state index in [0.29, 0.717) is 5.02 Å². The highest BCUT2D eigenvalue weighted by Crippen LogP contribution is 2.27. The Hall–Kier alpha value is -1.65. The van der Waals surface area contributed by atoms with Crippen molar-refractivity contribution in [2.45, 2.75) is 23.5 Å². The molecule has 2 rings (SSSR count). The molecule has 0 radical (unpaired) electrons. The van der Waals surface area contributed by atoms with Crippen LogP contribution in [0.4, 0.5) is 5.69 Å². The lowest BCUT2D eigenvalue weighted by Crippen LogP contribution is -2.24. The second kappa shape index (κ2) is 8.11. The van der Waals surface area contributed by atoms with E-state index < -0.39 is 0 Å². The van der Waals surface area contributed by atoms with Crippen molar-refractivity contribution in [1.29, 1.82) is 0 Å². The molecule has 0 unspecified atom stereocenters. The van der Waals surface area contributed by atoms with E-state index >= 15 is 0 Å². The van der Waals surface area contributed by atoms with Crippen LogP contribution >= 0.6 is 23.4 Å². The molecule has 5 heteroatoms. The van der Waals surface area contributed by atoms with Gasteiger partial charge in [-0.3, -0.25) is 4.79 Å². The lowest BCUT2D eigenvalue weighted by atomic mass is 10.2. The minimum Gasteiger partial charge on any atom is -0.497 e. The molecule has 1 atom stereocenters. The molecule has 0 heterocycles. The minimum atomic E-state index is -0.150. The summed E-state index contributed by atoms with van der Waals surface area (Å²) in [6.07, 6.45) is 0.745. The normalized spacial score (nSPS) is 11.8. The molecule has 0 aromatic heterocycles. The number of benzene rings is 2. The van der Waals surface area contributed by atoms with Gasteiger partial charge in [0, 0.05) is 15.6 Å². The molecular formula is C17H18ClNO2S. The first-order valence-electron chi connectivity index (χ1n) is 6.99. The lowest BCUT2D eigenvalue weighted by Gasteiger charge is -2.15. The third-order valence-electron chi connectivity index (χ3n) is 3.11. The number of anilines is 1. The van der Waals surface area contributed by atoms with Crippen LogP contribution in [-0.4, -0.2) is 18.3 Å². The highest BCUT2D eigenvalue weighted by atomic mass is 35.5. The van der Waals surface area contributed by atoms with Crippen molar-refractivity contribution in [2.75, 3.05) is 12.4 Å². The number of hydrogen-bond donors (Lipinski definition) is 1. The molecule has 1 N–H and O–H groups in total. The largest absolute Gasteiger partial charge is 0.497 e. The van der Waals surface area contributed by atoms with Crippen LogP contribution in [0.5, 0.6) is 5.75 Å². The van der Waals surface area contributed by atoms with Crippen LogP contribution in [0.15, 0.2) is 53.4 Å². The molecule has 22 heavy (non-hydrogen) atoms. The van der Waals surface area contributed by atoms with Crippen LogP contribution in [0.25, 0.3) is 0 Å². The third kappa shape index (κ3) is 4.68. The Morgan fingerprint density at radius 3 is 2.36 bits per heavy atom. The van der Waals surface area contributed by atoms with Gasteiger partial charge < -0.3 is 10.1 Å². The quantitative estimate of drug-likeness (QED) is 0.766. The molecule has 116 valence electrons. The fourth-order valence-electron chi connectivity index (χ4n) is 1.90. The molecule has 0 aliphatic heterocycles. The predicted molar refractivity (Wildman–Crippen MR) is 93.0 cm³/mol. The van der Waals surface area contributed by atoms with E-state index in [4.69, 9.17) is 16.3 Å². The SMILES string of the molecule is CC[C@@H](Sc1ccc(Cl)cc1)C(=O)Nc1ccc(OC)cc1. The minimum absolute atomic E-state index is 0.00684. The zero-order chi connectivity index (χ0) is 15.9. The third-order valence-corrected chi connectivity index (χ3v) is 4.74. The van der Waals surface area contributed by atoms with E-state index in [-0.39, 0.29) is 11.2 Å². The maximum atomic E-state index is 12.4. The van der Waals surface area contributed by atoms with E-state index in [2.05, 4.69) is 5.32 Å². The number of hydrogen-bond acceptors (Lipinski definition) is 3. The summed E-state index contributed by atoms with van der Waals surface area (Å²) in [6.45, 7) is 2.00. The summed E-state index contributed by atoms with van der Waals surface area (Å²) in [5, 5.41) is 3.48. The van der Waals surface area contributed by atoms with Gasteiger partial charge in [0.15, 0.2) is 0 Å². The topological polar surface area (TPSA) is 38.3 Å². The van der Waals surface area contributed by atoms with Gasteiger partial charge in [0.1, 0.15) is 5.75 Å². The van der Waals surface area contributed by atoms with Gasteiger partial charge in [-0.2, -0.15) is 0 Å². The van der Waals surface area contributed by atoms with Gasteiger partial charge in [-0.25, -0.2) is 0 Å². The summed E-state index contributed by atoms with van der Waals surface area (Å²) in [6, 6.07) is 14.8. The second-order valence-corrected chi connectivity index (χ2v) is 6.40. The average Bonchev–Trinajstić information content (AvgIpc) is 2.55. The van der Waals surface area contributed by atoms with Crippen LogP contribution < -0.4 is 10.1 Å². The molecule has 1 amide bonds. The Bertz CT molecular complexity index is 614. The number of nitrogens with one attached hydrogen (secondary N) is 1. The van der Waals surface area contributed by atoms with Crippen molar-refractivity contribution in [3.8, 4) is 5.75 Å². The first kappa shape index (κ1) is 16.7. The lowest BCUT2D eigenvalue weighted by molar-refractivity contribution is -0.115. The number of rotatable bonds is 6. The molecule has 2 aromatic carbocycles. The zero-order valence-corrected chi connectivity index (χ0v) is 14.1. The fourth-order valence-corrected chi connectivity index (χ4v) is 2.98. The van der Waals surface area contributed by atoms with E-state index in [1.54, 1.807) is 7.11 Å². The number of carbonyl (C=O) groups excluding carboxylic acids is 1. The Kier molecular flexibility index (Phi) is 6.16. The summed E-state index contributed by atoms with van der Waals surface area (Å²) in [7, 11) is 1.61. The molecule has 3 nitrogen and oxygen atoms in total.